The van der Waals surface area contributed by atoms with Crippen LogP contribution in [-0.2, 0) is 9.47 Å². The second kappa shape index (κ2) is 6.20. The highest BCUT2D eigenvalue weighted by Gasteiger charge is 2.73. The van der Waals surface area contributed by atoms with Gasteiger partial charge in [0.2, 0.25) is 0 Å². The van der Waals surface area contributed by atoms with Gasteiger partial charge in [-0.05, 0) is 55.9 Å². The third-order valence-electron chi connectivity index (χ3n) is 7.62. The van der Waals surface area contributed by atoms with Crippen molar-refractivity contribution in [2.45, 2.75) is 84.5 Å². The molecular formula is C23H33NO4. The summed E-state index contributed by atoms with van der Waals surface area (Å²) in [6.45, 7) is 12.5. The largest absolute Gasteiger partial charge is 0.444 e. The molecule has 2 bridgehead atoms. The maximum atomic E-state index is 13.3. The Morgan fingerprint density at radius 3 is 2.50 bits per heavy atom. The molecule has 2 aliphatic carbocycles. The minimum atomic E-state index is -0.912. The Hall–Kier alpha value is -1.59. The molecule has 1 amide bonds. The summed E-state index contributed by atoms with van der Waals surface area (Å²) in [6.07, 6.45) is 0.0479. The van der Waals surface area contributed by atoms with Crippen LogP contribution in [0.25, 0.3) is 0 Å². The van der Waals surface area contributed by atoms with E-state index in [1.54, 1.807) is 4.90 Å². The topological polar surface area (TPSA) is 59.0 Å². The van der Waals surface area contributed by atoms with Crippen LogP contribution >= 0.6 is 0 Å². The van der Waals surface area contributed by atoms with Crippen molar-refractivity contribution in [1.29, 1.82) is 0 Å². The van der Waals surface area contributed by atoms with Crippen LogP contribution in [0.5, 0.6) is 0 Å². The molecule has 1 aliphatic heterocycles. The number of carbonyl (C=O) groups is 1. The number of ether oxygens (including phenoxy) is 2. The number of hydrogen-bond acceptors (Lipinski definition) is 4. The summed E-state index contributed by atoms with van der Waals surface area (Å²) in [5.74, 6) is 0.375. The molecular weight excluding hydrogens is 354 g/mol. The molecule has 5 heteroatoms. The molecule has 1 unspecified atom stereocenters. The van der Waals surface area contributed by atoms with Gasteiger partial charge < -0.3 is 14.6 Å². The van der Waals surface area contributed by atoms with Gasteiger partial charge in [-0.25, -0.2) is 4.79 Å². The Bertz CT molecular complexity index is 756. The van der Waals surface area contributed by atoms with E-state index in [1.807, 2.05) is 51.1 Å². The van der Waals surface area contributed by atoms with Gasteiger partial charge in [-0.15, -0.1) is 0 Å². The average molecular weight is 388 g/mol. The van der Waals surface area contributed by atoms with Gasteiger partial charge >= 0.3 is 6.09 Å². The Morgan fingerprint density at radius 2 is 1.89 bits per heavy atom. The minimum Gasteiger partial charge on any atom is -0.444 e. The molecule has 0 radical (unpaired) electrons. The number of benzene rings is 1. The van der Waals surface area contributed by atoms with Gasteiger partial charge in [-0.1, -0.05) is 51.1 Å². The van der Waals surface area contributed by atoms with E-state index in [0.29, 0.717) is 5.92 Å². The number of hydrogen-bond donors (Lipinski definition) is 1. The Balaban J connectivity index is 1.73. The molecule has 154 valence electrons. The smallest absolute Gasteiger partial charge is 0.412 e. The van der Waals surface area contributed by atoms with Gasteiger partial charge in [0, 0.05) is 0 Å². The van der Waals surface area contributed by atoms with Gasteiger partial charge in [-0.3, -0.25) is 4.90 Å². The normalized spacial score (nSPS) is 37.0. The standard InChI is InChI=1S/C23H33NO4/c1-21(2,3)28-20(26)24-18-17(15-12-13-23(18,6)22(15,4)5)27-19(24)16(25)14-10-8-7-9-11-14/h7-11,15-19,25H,12-13H2,1-6H3/t15-,16?,17-,18-,19+,23+/m1/s1. The van der Waals surface area contributed by atoms with E-state index in [-0.39, 0.29) is 23.0 Å². The second-order valence-corrected chi connectivity index (χ2v) is 10.5. The van der Waals surface area contributed by atoms with Gasteiger partial charge in [0.1, 0.15) is 11.7 Å². The van der Waals surface area contributed by atoms with Crippen molar-refractivity contribution in [3.63, 3.8) is 0 Å². The van der Waals surface area contributed by atoms with E-state index in [0.717, 1.165) is 18.4 Å². The molecule has 3 fully saturated rings. The van der Waals surface area contributed by atoms with Gasteiger partial charge in [0.15, 0.2) is 6.23 Å². The lowest BCUT2D eigenvalue weighted by atomic mass is 9.69. The summed E-state index contributed by atoms with van der Waals surface area (Å²) >= 11 is 0. The van der Waals surface area contributed by atoms with E-state index in [4.69, 9.17) is 9.47 Å². The lowest BCUT2D eigenvalue weighted by molar-refractivity contribution is -0.106. The van der Waals surface area contributed by atoms with E-state index in [1.165, 1.54) is 0 Å². The van der Waals surface area contributed by atoms with E-state index >= 15 is 0 Å². The highest BCUT2D eigenvalue weighted by Crippen LogP contribution is 2.69. The summed E-state index contributed by atoms with van der Waals surface area (Å²) in [4.78, 5) is 15.0. The number of carbonyl (C=O) groups excluding carboxylic acids is 1. The van der Waals surface area contributed by atoms with Crippen LogP contribution in [-0.4, -0.2) is 40.1 Å². The summed E-state index contributed by atoms with van der Waals surface area (Å²) in [7, 11) is 0. The zero-order valence-electron chi connectivity index (χ0n) is 17.8. The number of aliphatic hydroxyl groups is 1. The van der Waals surface area contributed by atoms with Crippen molar-refractivity contribution in [1.82, 2.24) is 4.90 Å². The Morgan fingerprint density at radius 1 is 1.25 bits per heavy atom. The first-order valence-electron chi connectivity index (χ1n) is 10.4. The monoisotopic (exact) mass is 387 g/mol. The van der Waals surface area contributed by atoms with Crippen LogP contribution in [0.3, 0.4) is 0 Å². The summed E-state index contributed by atoms with van der Waals surface area (Å²) in [6, 6.07) is 9.35. The number of nitrogens with zero attached hydrogens (tertiary/aromatic N) is 1. The lowest BCUT2D eigenvalue weighted by Crippen LogP contribution is -2.54. The van der Waals surface area contributed by atoms with E-state index < -0.39 is 24.0 Å². The number of rotatable bonds is 2. The van der Waals surface area contributed by atoms with Crippen molar-refractivity contribution in [3.05, 3.63) is 35.9 Å². The third-order valence-corrected chi connectivity index (χ3v) is 7.62. The summed E-state index contributed by atoms with van der Waals surface area (Å²) < 4.78 is 12.2. The number of aliphatic hydroxyl groups excluding tert-OH is 1. The van der Waals surface area contributed by atoms with Gasteiger partial charge in [0.05, 0.1) is 12.1 Å². The quantitative estimate of drug-likeness (QED) is 0.811. The first-order valence-corrected chi connectivity index (χ1v) is 10.4. The summed E-state index contributed by atoms with van der Waals surface area (Å²) in [5, 5.41) is 11.1. The second-order valence-electron chi connectivity index (χ2n) is 10.5. The van der Waals surface area contributed by atoms with Crippen molar-refractivity contribution in [2.24, 2.45) is 16.7 Å². The van der Waals surface area contributed by atoms with Crippen molar-refractivity contribution >= 4 is 6.09 Å². The van der Waals surface area contributed by atoms with Crippen LogP contribution in [0, 0.1) is 16.7 Å². The molecule has 5 nitrogen and oxygen atoms in total. The molecule has 1 saturated heterocycles. The van der Waals surface area contributed by atoms with Crippen LogP contribution in [0.4, 0.5) is 4.79 Å². The van der Waals surface area contributed by atoms with Crippen molar-refractivity contribution in [3.8, 4) is 0 Å². The molecule has 1 heterocycles. The van der Waals surface area contributed by atoms with Gasteiger partial charge in [0.25, 0.3) is 0 Å². The maximum Gasteiger partial charge on any atom is 0.412 e. The molecule has 3 aliphatic rings. The predicted octanol–water partition coefficient (Wildman–Crippen LogP) is 4.51. The summed E-state index contributed by atoms with van der Waals surface area (Å²) in [5.41, 5.74) is 0.152. The fourth-order valence-corrected chi connectivity index (χ4v) is 5.84. The molecule has 0 spiro atoms. The lowest BCUT2D eigenvalue weighted by Gasteiger charge is -2.43. The first-order chi connectivity index (χ1) is 13.0. The van der Waals surface area contributed by atoms with Crippen LogP contribution in [0.2, 0.25) is 0 Å². The first kappa shape index (κ1) is 19.7. The molecule has 4 rings (SSSR count). The minimum absolute atomic E-state index is 0.0651. The number of fused-ring (bicyclic) bond motifs is 5. The molecule has 0 aromatic heterocycles. The zero-order chi connectivity index (χ0) is 20.5. The average Bonchev–Trinajstić information content (AvgIpc) is 3.16. The molecule has 1 aromatic carbocycles. The fraction of sp³-hybridized carbons (Fsp3) is 0.696. The maximum absolute atomic E-state index is 13.3. The molecule has 28 heavy (non-hydrogen) atoms. The van der Waals surface area contributed by atoms with E-state index in [9.17, 15) is 9.90 Å². The Kier molecular flexibility index (Phi) is 4.37. The predicted molar refractivity (Wildman–Crippen MR) is 107 cm³/mol. The highest BCUT2D eigenvalue weighted by molar-refractivity contribution is 5.70. The molecule has 2 saturated carbocycles. The molecule has 6 atom stereocenters. The third kappa shape index (κ3) is 2.70. The van der Waals surface area contributed by atoms with Crippen molar-refractivity contribution in [2.75, 3.05) is 0 Å². The van der Waals surface area contributed by atoms with Gasteiger partial charge in [-0.2, -0.15) is 0 Å². The van der Waals surface area contributed by atoms with Crippen LogP contribution in [0.1, 0.15) is 66.1 Å². The van der Waals surface area contributed by atoms with Crippen LogP contribution in [0.15, 0.2) is 30.3 Å². The zero-order valence-corrected chi connectivity index (χ0v) is 17.8. The Labute approximate surface area is 168 Å². The highest BCUT2D eigenvalue weighted by atomic mass is 16.6. The fourth-order valence-electron chi connectivity index (χ4n) is 5.84. The van der Waals surface area contributed by atoms with Crippen LogP contribution < -0.4 is 0 Å². The SMILES string of the molecule is CC(C)(C)OC(=O)N1[C@H](C(O)c2ccccc2)O[C@@H]2[C@H]3CC[C@@](C)([C@@H]21)C3(C)C. The molecule has 1 N–H and O–H groups in total. The van der Waals surface area contributed by atoms with Crippen molar-refractivity contribution < 1.29 is 19.4 Å². The van der Waals surface area contributed by atoms with E-state index in [2.05, 4.69) is 20.8 Å². The number of amides is 1. The molecule has 1 aromatic rings.